The number of nitro benzene ring substituents is 1. The predicted octanol–water partition coefficient (Wildman–Crippen LogP) is 1.90. The van der Waals surface area contributed by atoms with E-state index < -0.39 is 4.92 Å². The van der Waals surface area contributed by atoms with Crippen molar-refractivity contribution in [1.29, 1.82) is 5.26 Å². The number of rotatable bonds is 5. The molecule has 0 amide bonds. The van der Waals surface area contributed by atoms with Crippen LogP contribution in [0.5, 0.6) is 0 Å². The van der Waals surface area contributed by atoms with E-state index in [0.717, 1.165) is 0 Å². The average Bonchev–Trinajstić information content (AvgIpc) is 2.35. The molecule has 1 aromatic carbocycles. The van der Waals surface area contributed by atoms with Gasteiger partial charge in [-0.05, 0) is 18.1 Å². The van der Waals surface area contributed by atoms with E-state index >= 15 is 0 Å². The Morgan fingerprint density at radius 2 is 2.22 bits per heavy atom. The van der Waals surface area contributed by atoms with Crippen LogP contribution in [0.25, 0.3) is 0 Å². The molecule has 0 unspecified atom stereocenters. The molecule has 0 aliphatic carbocycles. The van der Waals surface area contributed by atoms with E-state index in [4.69, 9.17) is 5.26 Å². The van der Waals surface area contributed by atoms with Gasteiger partial charge < -0.3 is 10.4 Å². The lowest BCUT2D eigenvalue weighted by molar-refractivity contribution is -0.385. The molecule has 0 aromatic heterocycles. The van der Waals surface area contributed by atoms with Gasteiger partial charge >= 0.3 is 0 Å². The van der Waals surface area contributed by atoms with Crippen molar-refractivity contribution in [3.8, 4) is 6.07 Å². The number of nitrogens with zero attached hydrogens (tertiary/aromatic N) is 2. The second-order valence-corrected chi connectivity index (χ2v) is 4.28. The van der Waals surface area contributed by atoms with Gasteiger partial charge in [-0.2, -0.15) is 5.26 Å². The molecule has 0 radical (unpaired) electrons. The third kappa shape index (κ3) is 3.18. The van der Waals surface area contributed by atoms with E-state index in [0.29, 0.717) is 5.69 Å². The van der Waals surface area contributed by atoms with Gasteiger partial charge in [-0.15, -0.1) is 0 Å². The molecule has 0 spiro atoms. The second-order valence-electron chi connectivity index (χ2n) is 4.28. The molecular weight excluding hydrogens is 234 g/mol. The van der Waals surface area contributed by atoms with Crippen molar-refractivity contribution in [3.05, 3.63) is 33.9 Å². The normalized spacial score (nSPS) is 11.9. The Hall–Kier alpha value is -2.13. The summed E-state index contributed by atoms with van der Waals surface area (Å²) in [6, 6.07) is 5.89. The molecule has 0 aliphatic heterocycles. The van der Waals surface area contributed by atoms with Gasteiger partial charge in [-0.25, -0.2) is 0 Å². The number of anilines is 1. The molecule has 0 heterocycles. The summed E-state index contributed by atoms with van der Waals surface area (Å²) in [7, 11) is 0. The average molecular weight is 249 g/mol. The summed E-state index contributed by atoms with van der Waals surface area (Å²) in [6.07, 6.45) is 0. The van der Waals surface area contributed by atoms with Gasteiger partial charge in [0.25, 0.3) is 5.69 Å². The first kappa shape index (κ1) is 13.9. The molecule has 0 bridgehead atoms. The Labute approximate surface area is 105 Å². The molecule has 0 aliphatic rings. The molecule has 2 N–H and O–H groups in total. The number of nitrogens with one attached hydrogen (secondary N) is 1. The molecule has 1 atom stereocenters. The summed E-state index contributed by atoms with van der Waals surface area (Å²) >= 11 is 0. The number of aliphatic hydroxyl groups excluding tert-OH is 1. The minimum Gasteiger partial charge on any atom is -0.394 e. The van der Waals surface area contributed by atoms with Gasteiger partial charge in [0.2, 0.25) is 0 Å². The maximum Gasteiger partial charge on any atom is 0.289 e. The molecule has 0 fully saturated rings. The van der Waals surface area contributed by atoms with Gasteiger partial charge in [0.05, 0.1) is 17.6 Å². The Morgan fingerprint density at radius 3 is 2.67 bits per heavy atom. The third-order valence-electron chi connectivity index (χ3n) is 2.67. The van der Waals surface area contributed by atoms with Crippen molar-refractivity contribution in [1.82, 2.24) is 0 Å². The molecule has 6 nitrogen and oxygen atoms in total. The molecule has 18 heavy (non-hydrogen) atoms. The first-order valence-corrected chi connectivity index (χ1v) is 5.55. The molecule has 96 valence electrons. The van der Waals surface area contributed by atoms with E-state index in [-0.39, 0.29) is 29.8 Å². The minimum absolute atomic E-state index is 0.0237. The minimum atomic E-state index is -0.590. The van der Waals surface area contributed by atoms with E-state index in [1.54, 1.807) is 12.1 Å². The van der Waals surface area contributed by atoms with Gasteiger partial charge in [0, 0.05) is 11.8 Å². The summed E-state index contributed by atoms with van der Waals surface area (Å²) in [6.45, 7) is 3.81. The highest BCUT2D eigenvalue weighted by Crippen LogP contribution is 2.23. The van der Waals surface area contributed by atoms with Crippen LogP contribution >= 0.6 is 0 Å². The van der Waals surface area contributed by atoms with Crippen LogP contribution in [-0.2, 0) is 0 Å². The predicted molar refractivity (Wildman–Crippen MR) is 67.1 cm³/mol. The van der Waals surface area contributed by atoms with Crippen molar-refractivity contribution in [3.63, 3.8) is 0 Å². The van der Waals surface area contributed by atoms with Crippen LogP contribution in [0.1, 0.15) is 19.4 Å². The standard InChI is InChI=1S/C12H15N3O3/c1-8(2)11(7-16)14-10-4-3-9(6-13)12(5-10)15(17)18/h3-5,8,11,14,16H,7H2,1-2H3/t11-/m1/s1. The summed E-state index contributed by atoms with van der Waals surface area (Å²) in [5, 5.41) is 31.8. The second kappa shape index (κ2) is 5.98. The lowest BCUT2D eigenvalue weighted by atomic mass is 10.0. The quantitative estimate of drug-likeness (QED) is 0.613. The van der Waals surface area contributed by atoms with Gasteiger partial charge in [-0.1, -0.05) is 13.8 Å². The van der Waals surface area contributed by atoms with Crippen LogP contribution in [-0.4, -0.2) is 22.7 Å². The lowest BCUT2D eigenvalue weighted by Gasteiger charge is -2.21. The van der Waals surface area contributed by atoms with Crippen LogP contribution in [0.2, 0.25) is 0 Å². The highest BCUT2D eigenvalue weighted by molar-refractivity contribution is 5.59. The van der Waals surface area contributed by atoms with Crippen molar-refractivity contribution in [2.45, 2.75) is 19.9 Å². The zero-order valence-corrected chi connectivity index (χ0v) is 10.3. The fourth-order valence-electron chi connectivity index (χ4n) is 1.50. The fourth-order valence-corrected chi connectivity index (χ4v) is 1.50. The van der Waals surface area contributed by atoms with Gasteiger partial charge in [0.1, 0.15) is 11.6 Å². The molecule has 1 aromatic rings. The Bertz CT molecular complexity index is 480. The summed E-state index contributed by atoms with van der Waals surface area (Å²) in [5.74, 6) is 0.185. The third-order valence-corrected chi connectivity index (χ3v) is 2.67. The SMILES string of the molecule is CC(C)[C@@H](CO)Nc1ccc(C#N)c([N+](=O)[O-])c1. The van der Waals surface area contributed by atoms with Crippen molar-refractivity contribution in [2.75, 3.05) is 11.9 Å². The van der Waals surface area contributed by atoms with Gasteiger partial charge in [0.15, 0.2) is 0 Å². The first-order chi connectivity index (χ1) is 8.49. The smallest absolute Gasteiger partial charge is 0.289 e. The number of nitro groups is 1. The topological polar surface area (TPSA) is 99.2 Å². The maximum atomic E-state index is 10.8. The number of benzene rings is 1. The van der Waals surface area contributed by atoms with Crippen LogP contribution < -0.4 is 5.32 Å². The van der Waals surface area contributed by atoms with E-state index in [1.807, 2.05) is 13.8 Å². The first-order valence-electron chi connectivity index (χ1n) is 5.55. The number of nitriles is 1. The Morgan fingerprint density at radius 1 is 1.56 bits per heavy atom. The van der Waals surface area contributed by atoms with Crippen LogP contribution in [0.4, 0.5) is 11.4 Å². The molecule has 0 saturated heterocycles. The van der Waals surface area contributed by atoms with E-state index in [9.17, 15) is 15.2 Å². The van der Waals surface area contributed by atoms with E-state index in [2.05, 4.69) is 5.32 Å². The maximum absolute atomic E-state index is 10.8. The highest BCUT2D eigenvalue weighted by Gasteiger charge is 2.17. The summed E-state index contributed by atoms with van der Waals surface area (Å²) in [4.78, 5) is 10.2. The summed E-state index contributed by atoms with van der Waals surface area (Å²) < 4.78 is 0. The fraction of sp³-hybridized carbons (Fsp3) is 0.417. The lowest BCUT2D eigenvalue weighted by Crippen LogP contribution is -2.29. The van der Waals surface area contributed by atoms with Crippen molar-refractivity contribution < 1.29 is 10.0 Å². The zero-order chi connectivity index (χ0) is 13.7. The van der Waals surface area contributed by atoms with Crippen LogP contribution in [0, 0.1) is 27.4 Å². The molecular formula is C12H15N3O3. The molecule has 0 saturated carbocycles. The van der Waals surface area contributed by atoms with E-state index in [1.165, 1.54) is 12.1 Å². The largest absolute Gasteiger partial charge is 0.394 e. The number of aliphatic hydroxyl groups is 1. The van der Waals surface area contributed by atoms with Crippen molar-refractivity contribution in [2.24, 2.45) is 5.92 Å². The van der Waals surface area contributed by atoms with Crippen molar-refractivity contribution >= 4 is 11.4 Å². The number of hydrogen-bond acceptors (Lipinski definition) is 5. The molecule has 6 heteroatoms. The van der Waals surface area contributed by atoms with Crippen LogP contribution in [0.3, 0.4) is 0 Å². The highest BCUT2D eigenvalue weighted by atomic mass is 16.6. The van der Waals surface area contributed by atoms with Crippen LogP contribution in [0.15, 0.2) is 18.2 Å². The Balaban J connectivity index is 3.02. The van der Waals surface area contributed by atoms with Gasteiger partial charge in [-0.3, -0.25) is 10.1 Å². The summed E-state index contributed by atoms with van der Waals surface area (Å²) in [5.41, 5.74) is 0.312. The Kier molecular flexibility index (Phi) is 4.63. The molecule has 1 rings (SSSR count). The number of hydrogen-bond donors (Lipinski definition) is 2. The zero-order valence-electron chi connectivity index (χ0n) is 10.3. The monoisotopic (exact) mass is 249 g/mol.